The number of fused-ring (bicyclic) bond motifs is 1. The molecule has 0 radical (unpaired) electrons. The molecule has 2 N–H and O–H groups in total. The van der Waals surface area contributed by atoms with E-state index in [-0.39, 0.29) is 41.8 Å². The summed E-state index contributed by atoms with van der Waals surface area (Å²) in [5.41, 5.74) is 2.49. The average molecular weight is 433 g/mol. The molecule has 1 saturated heterocycles. The van der Waals surface area contributed by atoms with Crippen molar-refractivity contribution >= 4 is 29.2 Å². The summed E-state index contributed by atoms with van der Waals surface area (Å²) in [6.45, 7) is 0.449. The summed E-state index contributed by atoms with van der Waals surface area (Å²) in [6, 6.07) is 7.25. The summed E-state index contributed by atoms with van der Waals surface area (Å²) in [5.74, 6) is -0.0573. The molecule has 2 unspecified atom stereocenters. The number of likely N-dealkylation sites (N-methyl/N-ethyl adjacent to an activating group) is 1. The van der Waals surface area contributed by atoms with Gasteiger partial charge in [0.1, 0.15) is 18.2 Å². The smallest absolute Gasteiger partial charge is 0.253 e. The van der Waals surface area contributed by atoms with E-state index >= 15 is 0 Å². The van der Waals surface area contributed by atoms with Gasteiger partial charge in [0.05, 0.1) is 11.6 Å². The van der Waals surface area contributed by atoms with Crippen LogP contribution in [0, 0.1) is 5.82 Å². The molecule has 1 aromatic heterocycles. The van der Waals surface area contributed by atoms with Crippen LogP contribution in [0.3, 0.4) is 0 Å². The highest BCUT2D eigenvalue weighted by Gasteiger charge is 2.28. The van der Waals surface area contributed by atoms with Crippen molar-refractivity contribution in [2.24, 2.45) is 0 Å². The molecule has 4 rings (SSSR count). The van der Waals surface area contributed by atoms with Crippen LogP contribution in [-0.4, -0.2) is 54.0 Å². The van der Waals surface area contributed by atoms with Gasteiger partial charge in [0.25, 0.3) is 5.91 Å². The lowest BCUT2D eigenvalue weighted by molar-refractivity contribution is -0.150. The van der Waals surface area contributed by atoms with Crippen LogP contribution < -0.4 is 10.6 Å². The molecule has 7 nitrogen and oxygen atoms in total. The number of pyridine rings is 1. The molecule has 1 aliphatic carbocycles. The van der Waals surface area contributed by atoms with E-state index in [0.717, 1.165) is 11.1 Å². The molecule has 2 aliphatic rings. The standard InChI is InChI=1S/C21H22ClFN4O3/c1-27(21(29)17-9-25-19(28)11-30-17)10-12-2-5-18(24-8-12)26-14-6-13-3-4-16(22)20(23)15(13)7-14/h2-5,8,14,17H,6-7,9-11H2,1H3,(H,24,26)(H,25,28). The molecule has 0 bridgehead atoms. The number of halogens is 2. The fourth-order valence-corrected chi connectivity index (χ4v) is 3.97. The van der Waals surface area contributed by atoms with Crippen LogP contribution in [0.25, 0.3) is 0 Å². The molecule has 1 fully saturated rings. The Kier molecular flexibility index (Phi) is 5.87. The van der Waals surface area contributed by atoms with E-state index < -0.39 is 6.10 Å². The number of carbonyl (C=O) groups is 2. The predicted octanol–water partition coefficient (Wildman–Crippen LogP) is 1.93. The van der Waals surface area contributed by atoms with Crippen LogP contribution in [-0.2, 0) is 33.7 Å². The van der Waals surface area contributed by atoms with Crippen molar-refractivity contribution in [1.82, 2.24) is 15.2 Å². The summed E-state index contributed by atoms with van der Waals surface area (Å²) >= 11 is 5.88. The van der Waals surface area contributed by atoms with Crippen molar-refractivity contribution in [3.63, 3.8) is 0 Å². The molecular formula is C21H22ClFN4O3. The molecule has 2 amide bonds. The second-order valence-corrected chi connectivity index (χ2v) is 8.01. The van der Waals surface area contributed by atoms with Crippen LogP contribution in [0.5, 0.6) is 0 Å². The summed E-state index contributed by atoms with van der Waals surface area (Å²) < 4.78 is 19.5. The lowest BCUT2D eigenvalue weighted by atomic mass is 10.1. The number of ether oxygens (including phenoxy) is 1. The number of morpholine rings is 1. The van der Waals surface area contributed by atoms with Gasteiger partial charge in [0.2, 0.25) is 5.91 Å². The number of anilines is 1. The SMILES string of the molecule is CN(Cc1ccc(NC2Cc3ccc(Cl)c(F)c3C2)nc1)C(=O)C1CNC(=O)CO1. The highest BCUT2D eigenvalue weighted by molar-refractivity contribution is 6.30. The Labute approximate surface area is 178 Å². The van der Waals surface area contributed by atoms with Crippen LogP contribution in [0.4, 0.5) is 10.2 Å². The zero-order chi connectivity index (χ0) is 21.3. The first-order valence-electron chi connectivity index (χ1n) is 9.71. The van der Waals surface area contributed by atoms with Crippen molar-refractivity contribution in [3.8, 4) is 0 Å². The third-order valence-corrected chi connectivity index (χ3v) is 5.65. The monoisotopic (exact) mass is 432 g/mol. The molecule has 0 spiro atoms. The molecule has 2 atom stereocenters. The Bertz CT molecular complexity index is 959. The number of amides is 2. The van der Waals surface area contributed by atoms with Gasteiger partial charge in [0.15, 0.2) is 6.10 Å². The van der Waals surface area contributed by atoms with Crippen LogP contribution >= 0.6 is 11.6 Å². The van der Waals surface area contributed by atoms with E-state index in [4.69, 9.17) is 16.3 Å². The van der Waals surface area contributed by atoms with Gasteiger partial charge in [0, 0.05) is 25.8 Å². The van der Waals surface area contributed by atoms with Crippen LogP contribution in [0.2, 0.25) is 5.02 Å². The third kappa shape index (κ3) is 4.39. The number of aromatic nitrogens is 1. The predicted molar refractivity (Wildman–Crippen MR) is 110 cm³/mol. The van der Waals surface area contributed by atoms with Gasteiger partial charge in [-0.05, 0) is 41.7 Å². The molecule has 0 saturated carbocycles. The number of hydrogen-bond donors (Lipinski definition) is 2. The Morgan fingerprint density at radius 1 is 1.37 bits per heavy atom. The number of hydrogen-bond acceptors (Lipinski definition) is 5. The first kappa shape index (κ1) is 20.6. The molecule has 158 valence electrons. The molecule has 30 heavy (non-hydrogen) atoms. The van der Waals surface area contributed by atoms with Crippen LogP contribution in [0.1, 0.15) is 16.7 Å². The maximum atomic E-state index is 14.2. The number of rotatable bonds is 5. The molecular weight excluding hydrogens is 411 g/mol. The second kappa shape index (κ2) is 8.57. The first-order chi connectivity index (χ1) is 14.4. The lowest BCUT2D eigenvalue weighted by Gasteiger charge is -2.27. The minimum absolute atomic E-state index is 0.0502. The van der Waals surface area contributed by atoms with Crippen molar-refractivity contribution in [2.75, 3.05) is 25.5 Å². The maximum Gasteiger partial charge on any atom is 0.253 e. The van der Waals surface area contributed by atoms with E-state index in [9.17, 15) is 14.0 Å². The van der Waals surface area contributed by atoms with E-state index in [1.807, 2.05) is 18.2 Å². The first-order valence-corrected chi connectivity index (χ1v) is 10.1. The number of nitrogens with zero attached hydrogens (tertiary/aromatic N) is 2. The second-order valence-electron chi connectivity index (χ2n) is 7.60. The lowest BCUT2D eigenvalue weighted by Crippen LogP contribution is -2.50. The Morgan fingerprint density at radius 2 is 2.20 bits per heavy atom. The third-order valence-electron chi connectivity index (χ3n) is 5.36. The van der Waals surface area contributed by atoms with Crippen molar-refractivity contribution < 1.29 is 18.7 Å². The topological polar surface area (TPSA) is 83.6 Å². The van der Waals surface area contributed by atoms with E-state index in [0.29, 0.717) is 30.8 Å². The normalized spacial score (nSPS) is 20.4. The van der Waals surface area contributed by atoms with Gasteiger partial charge in [-0.15, -0.1) is 0 Å². The Morgan fingerprint density at radius 3 is 2.90 bits per heavy atom. The summed E-state index contributed by atoms with van der Waals surface area (Å²) in [6.07, 6.45) is 2.30. The van der Waals surface area contributed by atoms with Gasteiger partial charge in [-0.2, -0.15) is 0 Å². The van der Waals surface area contributed by atoms with Gasteiger partial charge in [-0.3, -0.25) is 9.59 Å². The van der Waals surface area contributed by atoms with Gasteiger partial charge in [-0.25, -0.2) is 9.37 Å². The molecule has 2 heterocycles. The summed E-state index contributed by atoms with van der Waals surface area (Å²) in [7, 11) is 1.68. The van der Waals surface area contributed by atoms with Gasteiger partial charge < -0.3 is 20.3 Å². The largest absolute Gasteiger partial charge is 0.367 e. The minimum atomic E-state index is -0.667. The summed E-state index contributed by atoms with van der Waals surface area (Å²) in [4.78, 5) is 29.6. The van der Waals surface area contributed by atoms with Crippen molar-refractivity contribution in [1.29, 1.82) is 0 Å². The van der Waals surface area contributed by atoms with E-state index in [2.05, 4.69) is 15.6 Å². The zero-order valence-electron chi connectivity index (χ0n) is 16.5. The average Bonchev–Trinajstić information content (AvgIpc) is 3.15. The molecule has 1 aromatic carbocycles. The maximum absolute atomic E-state index is 14.2. The fraction of sp³-hybridized carbons (Fsp3) is 0.381. The van der Waals surface area contributed by atoms with E-state index in [1.54, 1.807) is 24.2 Å². The van der Waals surface area contributed by atoms with Crippen molar-refractivity contribution in [3.05, 3.63) is 58.0 Å². The Hall–Kier alpha value is -2.71. The fourth-order valence-electron chi connectivity index (χ4n) is 3.79. The number of carbonyl (C=O) groups excluding carboxylic acids is 2. The molecule has 1 aliphatic heterocycles. The quantitative estimate of drug-likeness (QED) is 0.754. The van der Waals surface area contributed by atoms with E-state index in [1.165, 1.54) is 0 Å². The summed E-state index contributed by atoms with van der Waals surface area (Å²) in [5, 5.41) is 6.11. The van der Waals surface area contributed by atoms with Crippen molar-refractivity contribution in [2.45, 2.75) is 31.5 Å². The zero-order valence-corrected chi connectivity index (χ0v) is 17.2. The molecule has 9 heteroatoms. The number of nitrogens with one attached hydrogen (secondary N) is 2. The highest BCUT2D eigenvalue weighted by Crippen LogP contribution is 2.30. The molecule has 2 aromatic rings. The van der Waals surface area contributed by atoms with Gasteiger partial charge >= 0.3 is 0 Å². The van der Waals surface area contributed by atoms with Gasteiger partial charge in [-0.1, -0.05) is 23.7 Å². The minimum Gasteiger partial charge on any atom is -0.367 e. The highest BCUT2D eigenvalue weighted by atomic mass is 35.5. The Balaban J connectivity index is 1.32. The van der Waals surface area contributed by atoms with Crippen LogP contribution in [0.15, 0.2) is 30.5 Å². The number of benzene rings is 1.